The van der Waals surface area contributed by atoms with Gasteiger partial charge in [-0.2, -0.15) is 0 Å². The molecule has 7 nitrogen and oxygen atoms in total. The molecule has 8 heteroatoms. The van der Waals surface area contributed by atoms with Crippen molar-refractivity contribution in [3.63, 3.8) is 0 Å². The third kappa shape index (κ3) is 4.05. The van der Waals surface area contributed by atoms with Gasteiger partial charge >= 0.3 is 5.97 Å². The minimum Gasteiger partial charge on any atom is -0.477 e. The SMILES string of the molecule is COCC(C)CNS(=O)(=O)c1cc(C(=O)O)n(C)c1. The normalized spacial score (nSPS) is 13.4. The van der Waals surface area contributed by atoms with E-state index >= 15 is 0 Å². The first-order chi connectivity index (χ1) is 8.77. The van der Waals surface area contributed by atoms with Crippen molar-refractivity contribution in [1.82, 2.24) is 9.29 Å². The van der Waals surface area contributed by atoms with Gasteiger partial charge in [0.05, 0.1) is 0 Å². The van der Waals surface area contributed by atoms with Crippen molar-refractivity contribution in [1.29, 1.82) is 0 Å². The summed E-state index contributed by atoms with van der Waals surface area (Å²) in [5, 5.41) is 8.88. The maximum atomic E-state index is 12.0. The second-order valence-electron chi connectivity index (χ2n) is 4.39. The number of nitrogens with one attached hydrogen (secondary N) is 1. The van der Waals surface area contributed by atoms with E-state index in [4.69, 9.17) is 9.84 Å². The van der Waals surface area contributed by atoms with Crippen LogP contribution in [0.25, 0.3) is 0 Å². The standard InChI is InChI=1S/C11H18N2O5S/c1-8(7-18-3)5-12-19(16,17)9-4-10(11(14)15)13(2)6-9/h4,6,8,12H,5,7H2,1-3H3,(H,14,15). The van der Waals surface area contributed by atoms with E-state index in [1.165, 1.54) is 17.8 Å². The zero-order chi connectivity index (χ0) is 14.6. The number of ether oxygens (including phenoxy) is 1. The number of aromatic nitrogens is 1. The van der Waals surface area contributed by atoms with Crippen molar-refractivity contribution in [2.24, 2.45) is 13.0 Å². The fourth-order valence-electron chi connectivity index (χ4n) is 1.57. The lowest BCUT2D eigenvalue weighted by Crippen LogP contribution is -2.29. The summed E-state index contributed by atoms with van der Waals surface area (Å²) in [7, 11) is -0.673. The minimum absolute atomic E-state index is 0.0300. The van der Waals surface area contributed by atoms with Gasteiger partial charge in [0.1, 0.15) is 10.6 Å². The van der Waals surface area contributed by atoms with Crippen LogP contribution in [0.2, 0.25) is 0 Å². The highest BCUT2D eigenvalue weighted by Crippen LogP contribution is 2.13. The number of hydrogen-bond acceptors (Lipinski definition) is 4. The Morgan fingerprint density at radius 3 is 2.68 bits per heavy atom. The smallest absolute Gasteiger partial charge is 0.352 e. The van der Waals surface area contributed by atoms with Crippen LogP contribution in [0.1, 0.15) is 17.4 Å². The maximum absolute atomic E-state index is 12.0. The molecule has 0 aliphatic heterocycles. The van der Waals surface area contributed by atoms with Crippen LogP contribution in [0.15, 0.2) is 17.2 Å². The first-order valence-corrected chi connectivity index (χ1v) is 7.14. The Balaban J connectivity index is 2.83. The highest BCUT2D eigenvalue weighted by molar-refractivity contribution is 7.89. The molecular formula is C11H18N2O5S. The molecular weight excluding hydrogens is 272 g/mol. The van der Waals surface area contributed by atoms with E-state index in [-0.39, 0.29) is 23.1 Å². The summed E-state index contributed by atoms with van der Waals surface area (Å²) in [4.78, 5) is 10.8. The molecule has 19 heavy (non-hydrogen) atoms. The van der Waals surface area contributed by atoms with Crippen molar-refractivity contribution in [3.8, 4) is 0 Å². The monoisotopic (exact) mass is 290 g/mol. The lowest BCUT2D eigenvalue weighted by Gasteiger charge is -2.11. The van der Waals surface area contributed by atoms with Crippen LogP contribution in [0.5, 0.6) is 0 Å². The summed E-state index contributed by atoms with van der Waals surface area (Å²) in [5.41, 5.74) is -0.0784. The molecule has 2 N–H and O–H groups in total. The van der Waals surface area contributed by atoms with Gasteiger partial charge in [-0.05, 0) is 12.0 Å². The van der Waals surface area contributed by atoms with Gasteiger partial charge in [-0.3, -0.25) is 0 Å². The molecule has 0 radical (unpaired) electrons. The molecule has 0 fully saturated rings. The van der Waals surface area contributed by atoms with E-state index in [0.29, 0.717) is 6.61 Å². The Morgan fingerprint density at radius 2 is 2.21 bits per heavy atom. The molecule has 108 valence electrons. The summed E-state index contributed by atoms with van der Waals surface area (Å²) in [5.74, 6) is -1.14. The van der Waals surface area contributed by atoms with Gasteiger partial charge in [0.25, 0.3) is 0 Å². The quantitative estimate of drug-likeness (QED) is 0.752. The van der Waals surface area contributed by atoms with Crippen LogP contribution in [0.3, 0.4) is 0 Å². The maximum Gasteiger partial charge on any atom is 0.352 e. The summed E-state index contributed by atoms with van der Waals surface area (Å²) < 4.78 is 32.5. The largest absolute Gasteiger partial charge is 0.477 e. The van der Waals surface area contributed by atoms with Crippen molar-refractivity contribution in [2.45, 2.75) is 11.8 Å². The number of aromatic carboxylic acids is 1. The van der Waals surface area contributed by atoms with Crippen LogP contribution in [-0.4, -0.2) is 44.3 Å². The molecule has 0 aromatic carbocycles. The van der Waals surface area contributed by atoms with Gasteiger partial charge in [0.2, 0.25) is 10.0 Å². The van der Waals surface area contributed by atoms with Gasteiger partial charge < -0.3 is 14.4 Å². The second-order valence-corrected chi connectivity index (χ2v) is 6.16. The number of sulfonamides is 1. The molecule has 1 aromatic heterocycles. The predicted octanol–water partition coefficient (Wildman–Crippen LogP) is 0.284. The average molecular weight is 290 g/mol. The van der Waals surface area contributed by atoms with Crippen molar-refractivity contribution in [2.75, 3.05) is 20.3 Å². The van der Waals surface area contributed by atoms with Crippen molar-refractivity contribution < 1.29 is 23.1 Å². The van der Waals surface area contributed by atoms with Crippen molar-refractivity contribution in [3.05, 3.63) is 18.0 Å². The van der Waals surface area contributed by atoms with E-state index in [2.05, 4.69) is 4.72 Å². The number of carboxylic acid groups (broad SMARTS) is 1. The van der Waals surface area contributed by atoms with Gasteiger partial charge in [-0.1, -0.05) is 6.92 Å². The van der Waals surface area contributed by atoms with E-state index in [1.807, 2.05) is 6.92 Å². The molecule has 0 aliphatic carbocycles. The Labute approximate surface area is 112 Å². The van der Waals surface area contributed by atoms with Crippen LogP contribution < -0.4 is 4.72 Å². The highest BCUT2D eigenvalue weighted by atomic mass is 32.2. The van der Waals surface area contributed by atoms with E-state index in [1.54, 1.807) is 7.11 Å². The number of carboxylic acids is 1. The highest BCUT2D eigenvalue weighted by Gasteiger charge is 2.20. The molecule has 0 amide bonds. The molecule has 0 bridgehead atoms. The average Bonchev–Trinajstić information content (AvgIpc) is 2.70. The molecule has 1 atom stereocenters. The van der Waals surface area contributed by atoms with Gasteiger partial charge in [-0.25, -0.2) is 17.9 Å². The first kappa shape index (κ1) is 15.7. The fourth-order valence-corrected chi connectivity index (χ4v) is 2.81. The topological polar surface area (TPSA) is 97.6 Å². The molecule has 1 unspecified atom stereocenters. The third-order valence-corrected chi connectivity index (χ3v) is 3.97. The van der Waals surface area contributed by atoms with Gasteiger partial charge in [0.15, 0.2) is 0 Å². The molecule has 0 spiro atoms. The Hall–Kier alpha value is -1.38. The molecule has 0 aliphatic rings. The first-order valence-electron chi connectivity index (χ1n) is 5.66. The predicted molar refractivity (Wildman–Crippen MR) is 68.6 cm³/mol. The van der Waals surface area contributed by atoms with Crippen LogP contribution >= 0.6 is 0 Å². The number of hydrogen-bond donors (Lipinski definition) is 2. The summed E-state index contributed by atoms with van der Waals surface area (Å²) in [6.07, 6.45) is 1.27. The Kier molecular flexibility index (Phi) is 5.10. The second kappa shape index (κ2) is 6.18. The molecule has 1 heterocycles. The molecule has 1 rings (SSSR count). The molecule has 0 saturated carbocycles. The Morgan fingerprint density at radius 1 is 1.58 bits per heavy atom. The number of nitrogens with zero attached hydrogens (tertiary/aromatic N) is 1. The number of carbonyl (C=O) groups is 1. The summed E-state index contributed by atoms with van der Waals surface area (Å²) >= 11 is 0. The van der Waals surface area contributed by atoms with E-state index in [0.717, 1.165) is 6.07 Å². The van der Waals surface area contributed by atoms with Crippen molar-refractivity contribution >= 4 is 16.0 Å². The zero-order valence-corrected chi connectivity index (χ0v) is 11.9. The molecule has 0 saturated heterocycles. The Bertz CT molecular complexity index is 549. The summed E-state index contributed by atoms with van der Waals surface area (Å²) in [6.45, 7) is 2.52. The number of rotatable bonds is 7. The number of aryl methyl sites for hydroxylation is 1. The number of methoxy groups -OCH3 is 1. The van der Waals surface area contributed by atoms with Crippen LogP contribution in [-0.2, 0) is 21.8 Å². The third-order valence-electron chi connectivity index (χ3n) is 2.58. The minimum atomic E-state index is -3.70. The van der Waals surface area contributed by atoms with Crippen LogP contribution in [0.4, 0.5) is 0 Å². The molecule has 1 aromatic rings. The van der Waals surface area contributed by atoms with Crippen LogP contribution in [0, 0.1) is 5.92 Å². The van der Waals surface area contributed by atoms with E-state index < -0.39 is 16.0 Å². The van der Waals surface area contributed by atoms with Gasteiger partial charge in [-0.15, -0.1) is 0 Å². The van der Waals surface area contributed by atoms with E-state index in [9.17, 15) is 13.2 Å². The zero-order valence-electron chi connectivity index (χ0n) is 11.1. The lowest BCUT2D eigenvalue weighted by atomic mass is 10.2. The van der Waals surface area contributed by atoms with Gasteiger partial charge in [0, 0.05) is 33.5 Å². The lowest BCUT2D eigenvalue weighted by molar-refractivity contribution is 0.0686. The fraction of sp³-hybridized carbons (Fsp3) is 0.545. The summed E-state index contributed by atoms with van der Waals surface area (Å²) in [6, 6.07) is 1.13.